The molecule has 1 aliphatic rings. The van der Waals surface area contributed by atoms with E-state index in [4.69, 9.17) is 9.47 Å². The number of hydrogen-bond donors (Lipinski definition) is 2. The lowest BCUT2D eigenvalue weighted by atomic mass is 10.0. The van der Waals surface area contributed by atoms with Crippen LogP contribution in [0.3, 0.4) is 0 Å². The molecule has 2 N–H and O–H groups in total. The van der Waals surface area contributed by atoms with Gasteiger partial charge in [0.25, 0.3) is 5.56 Å². The van der Waals surface area contributed by atoms with Crippen molar-refractivity contribution in [2.45, 2.75) is 39.3 Å². The van der Waals surface area contributed by atoms with Crippen LogP contribution in [0.1, 0.15) is 30.9 Å². The Hall–Kier alpha value is -1.79. The largest absolute Gasteiger partial charge is 0.496 e. The molecule has 0 atom stereocenters. The van der Waals surface area contributed by atoms with E-state index in [1.165, 1.54) is 0 Å². The Balaban J connectivity index is 1.87. The summed E-state index contributed by atoms with van der Waals surface area (Å²) in [6.07, 6.45) is 2.44. The third kappa shape index (κ3) is 3.14. The molecule has 2 aromatic rings. The third-order valence-electron chi connectivity index (χ3n) is 4.66. The Morgan fingerprint density at radius 2 is 2.04 bits per heavy atom. The Bertz CT molecular complexity index is 726. The fourth-order valence-electron chi connectivity index (χ4n) is 3.45. The van der Waals surface area contributed by atoms with Gasteiger partial charge in [-0.2, -0.15) is 0 Å². The van der Waals surface area contributed by atoms with Crippen LogP contribution < -0.4 is 10.3 Å². The molecule has 0 aliphatic carbocycles. The molecule has 1 fully saturated rings. The zero-order valence-corrected chi connectivity index (χ0v) is 14.1. The first-order valence-corrected chi connectivity index (χ1v) is 8.24. The van der Waals surface area contributed by atoms with Crippen molar-refractivity contribution >= 4 is 10.9 Å². The van der Waals surface area contributed by atoms with Gasteiger partial charge in [0, 0.05) is 31.8 Å². The van der Waals surface area contributed by atoms with E-state index in [9.17, 15) is 4.79 Å². The lowest BCUT2D eigenvalue weighted by Crippen LogP contribution is -2.36. The van der Waals surface area contributed by atoms with Gasteiger partial charge in [-0.3, -0.25) is 19.9 Å². The number of fused-ring (bicyclic) bond motifs is 1. The van der Waals surface area contributed by atoms with E-state index in [1.54, 1.807) is 7.11 Å². The van der Waals surface area contributed by atoms with Crippen molar-refractivity contribution in [1.29, 1.82) is 0 Å². The molecule has 126 valence electrons. The van der Waals surface area contributed by atoms with Gasteiger partial charge in [0.05, 0.1) is 24.1 Å². The number of aryl methyl sites for hydroxylation is 1. The number of nitrogens with zero attached hydrogens (tertiary/aromatic N) is 1. The molecule has 0 spiro atoms. The molecule has 1 saturated heterocycles. The Kier molecular flexibility index (Phi) is 4.73. The Morgan fingerprint density at radius 3 is 2.70 bits per heavy atom. The summed E-state index contributed by atoms with van der Waals surface area (Å²) in [6, 6.07) is 1.99. The molecular weight excluding hydrogens is 294 g/mol. The van der Waals surface area contributed by atoms with Crippen LogP contribution in [0.15, 0.2) is 10.9 Å². The smallest absolute Gasteiger partial charge is 0.272 e. The molecule has 6 nitrogen and oxygen atoms in total. The van der Waals surface area contributed by atoms with Gasteiger partial charge in [-0.15, -0.1) is 0 Å². The van der Waals surface area contributed by atoms with E-state index in [0.29, 0.717) is 11.5 Å². The SMILES string of the molecule is CCOC1CCN(Cc2c(OC)cc(C)c3[nH][nH]c(=O)c23)CC1. The number of methoxy groups -OCH3 is 1. The number of piperidine rings is 1. The van der Waals surface area contributed by atoms with Gasteiger partial charge in [0.15, 0.2) is 0 Å². The summed E-state index contributed by atoms with van der Waals surface area (Å²) >= 11 is 0. The number of H-pyrrole nitrogens is 2. The van der Waals surface area contributed by atoms with Crippen LogP contribution in [0.5, 0.6) is 5.75 Å². The van der Waals surface area contributed by atoms with Crippen LogP contribution in [0.4, 0.5) is 0 Å². The molecule has 3 rings (SSSR count). The second-order valence-electron chi connectivity index (χ2n) is 6.13. The lowest BCUT2D eigenvalue weighted by molar-refractivity contribution is 0.0125. The van der Waals surface area contributed by atoms with Gasteiger partial charge in [0.2, 0.25) is 0 Å². The first-order chi connectivity index (χ1) is 11.1. The molecule has 2 heterocycles. The number of rotatable bonds is 5. The van der Waals surface area contributed by atoms with E-state index in [-0.39, 0.29) is 5.56 Å². The summed E-state index contributed by atoms with van der Waals surface area (Å²) < 4.78 is 11.2. The van der Waals surface area contributed by atoms with Crippen molar-refractivity contribution in [3.63, 3.8) is 0 Å². The molecule has 0 saturated carbocycles. The highest BCUT2D eigenvalue weighted by atomic mass is 16.5. The van der Waals surface area contributed by atoms with Gasteiger partial charge in [0.1, 0.15) is 5.75 Å². The molecule has 0 unspecified atom stereocenters. The Morgan fingerprint density at radius 1 is 1.30 bits per heavy atom. The summed E-state index contributed by atoms with van der Waals surface area (Å²) in [7, 11) is 1.66. The molecule has 23 heavy (non-hydrogen) atoms. The third-order valence-corrected chi connectivity index (χ3v) is 4.66. The molecule has 0 radical (unpaired) electrons. The highest BCUT2D eigenvalue weighted by molar-refractivity contribution is 5.86. The number of nitrogens with one attached hydrogen (secondary N) is 2. The summed E-state index contributed by atoms with van der Waals surface area (Å²) in [5.41, 5.74) is 2.76. The summed E-state index contributed by atoms with van der Waals surface area (Å²) in [4.78, 5) is 14.6. The van der Waals surface area contributed by atoms with Crippen molar-refractivity contribution in [3.05, 3.63) is 27.5 Å². The first-order valence-electron chi connectivity index (χ1n) is 8.24. The minimum atomic E-state index is -0.0822. The minimum Gasteiger partial charge on any atom is -0.496 e. The highest BCUT2D eigenvalue weighted by Crippen LogP contribution is 2.30. The van der Waals surface area contributed by atoms with Crippen LogP contribution in [0.2, 0.25) is 0 Å². The maximum atomic E-state index is 12.2. The number of benzene rings is 1. The van der Waals surface area contributed by atoms with Crippen molar-refractivity contribution in [2.75, 3.05) is 26.8 Å². The van der Waals surface area contributed by atoms with E-state index in [0.717, 1.165) is 61.5 Å². The molecule has 1 aliphatic heterocycles. The van der Waals surface area contributed by atoms with Crippen LogP contribution in [0, 0.1) is 6.92 Å². The standard InChI is InChI=1S/C17H25N3O3/c1-4-23-12-5-7-20(8-6-12)10-13-14(22-3)9-11(2)16-15(13)17(21)19-18-16/h9,12H,4-8,10H2,1-3H3,(H2,18,19,21). The quantitative estimate of drug-likeness (QED) is 0.886. The second-order valence-corrected chi connectivity index (χ2v) is 6.13. The van der Waals surface area contributed by atoms with Crippen LogP contribution >= 0.6 is 0 Å². The number of aromatic nitrogens is 2. The van der Waals surface area contributed by atoms with Crippen LogP contribution in [-0.4, -0.2) is 48.0 Å². The fourth-order valence-corrected chi connectivity index (χ4v) is 3.45. The summed E-state index contributed by atoms with van der Waals surface area (Å²) in [5.74, 6) is 0.784. The fraction of sp³-hybridized carbons (Fsp3) is 0.588. The molecule has 6 heteroatoms. The first kappa shape index (κ1) is 16.1. The number of aromatic amines is 2. The van der Waals surface area contributed by atoms with Gasteiger partial charge < -0.3 is 9.47 Å². The molecule has 1 aromatic heterocycles. The minimum absolute atomic E-state index is 0.0822. The molecule has 1 aromatic carbocycles. The maximum Gasteiger partial charge on any atom is 0.272 e. The van der Waals surface area contributed by atoms with Crippen molar-refractivity contribution in [1.82, 2.24) is 15.1 Å². The van der Waals surface area contributed by atoms with Crippen molar-refractivity contribution < 1.29 is 9.47 Å². The average molecular weight is 319 g/mol. The number of ether oxygens (including phenoxy) is 2. The zero-order valence-electron chi connectivity index (χ0n) is 14.1. The zero-order chi connectivity index (χ0) is 16.4. The maximum absolute atomic E-state index is 12.2. The van der Waals surface area contributed by atoms with Crippen molar-refractivity contribution in [3.8, 4) is 5.75 Å². The Labute approximate surface area is 135 Å². The second kappa shape index (κ2) is 6.76. The van der Waals surface area contributed by atoms with Gasteiger partial charge >= 0.3 is 0 Å². The predicted octanol–water partition coefficient (Wildman–Crippen LogP) is 2.17. The van der Waals surface area contributed by atoms with E-state index in [1.807, 2.05) is 19.9 Å². The van der Waals surface area contributed by atoms with Gasteiger partial charge in [-0.05, 0) is 38.3 Å². The molecule has 0 amide bonds. The van der Waals surface area contributed by atoms with Crippen LogP contribution in [-0.2, 0) is 11.3 Å². The number of hydrogen-bond acceptors (Lipinski definition) is 4. The summed E-state index contributed by atoms with van der Waals surface area (Å²) in [6.45, 7) is 7.47. The molecular formula is C17H25N3O3. The lowest BCUT2D eigenvalue weighted by Gasteiger charge is -2.32. The van der Waals surface area contributed by atoms with E-state index >= 15 is 0 Å². The normalized spacial score (nSPS) is 17.0. The highest BCUT2D eigenvalue weighted by Gasteiger charge is 2.23. The van der Waals surface area contributed by atoms with E-state index in [2.05, 4.69) is 15.1 Å². The van der Waals surface area contributed by atoms with Gasteiger partial charge in [-0.25, -0.2) is 0 Å². The van der Waals surface area contributed by atoms with Gasteiger partial charge in [-0.1, -0.05) is 0 Å². The van der Waals surface area contributed by atoms with Crippen LogP contribution in [0.25, 0.3) is 10.9 Å². The van der Waals surface area contributed by atoms with E-state index < -0.39 is 0 Å². The topological polar surface area (TPSA) is 70.3 Å². The number of likely N-dealkylation sites (tertiary alicyclic amines) is 1. The average Bonchev–Trinajstić information content (AvgIpc) is 2.94. The summed E-state index contributed by atoms with van der Waals surface area (Å²) in [5, 5.41) is 6.39. The predicted molar refractivity (Wildman–Crippen MR) is 90.1 cm³/mol. The molecule has 0 bridgehead atoms. The monoisotopic (exact) mass is 319 g/mol. The van der Waals surface area contributed by atoms with Crippen molar-refractivity contribution in [2.24, 2.45) is 0 Å².